The van der Waals surface area contributed by atoms with Gasteiger partial charge in [0.1, 0.15) is 5.75 Å². The molecule has 5 rings (SSSR count). The number of methoxy groups -OCH3 is 1. The van der Waals surface area contributed by atoms with E-state index in [9.17, 15) is 4.79 Å². The van der Waals surface area contributed by atoms with Crippen LogP contribution < -0.4 is 10.1 Å². The van der Waals surface area contributed by atoms with Crippen LogP contribution in [0.2, 0.25) is 0 Å². The number of hydrogen-bond acceptors (Lipinski definition) is 2. The molecule has 4 aliphatic carbocycles. The molecule has 1 aromatic rings. The van der Waals surface area contributed by atoms with Crippen LogP contribution in [-0.4, -0.2) is 19.6 Å². The highest BCUT2D eigenvalue weighted by atomic mass is 16.5. The second-order valence-electron chi connectivity index (χ2n) is 8.71. The maximum absolute atomic E-state index is 12.4. The van der Waals surface area contributed by atoms with E-state index in [1.54, 1.807) is 13.2 Å². The quantitative estimate of drug-likeness (QED) is 0.810. The van der Waals surface area contributed by atoms with E-state index in [-0.39, 0.29) is 5.91 Å². The summed E-state index contributed by atoms with van der Waals surface area (Å²) in [4.78, 5) is 12.4. The summed E-state index contributed by atoms with van der Waals surface area (Å²) in [5.74, 6) is 3.59. The summed E-state index contributed by atoms with van der Waals surface area (Å²) in [6, 6.07) is 6.01. The van der Waals surface area contributed by atoms with E-state index in [2.05, 4.69) is 5.32 Å². The molecule has 4 aliphatic rings. The van der Waals surface area contributed by atoms with Crippen molar-refractivity contribution in [3.8, 4) is 5.75 Å². The third kappa shape index (κ3) is 3.47. The monoisotopic (exact) mass is 339 g/mol. The first kappa shape index (κ1) is 16.7. The third-order valence-electron chi connectivity index (χ3n) is 6.60. The lowest BCUT2D eigenvalue weighted by molar-refractivity contribution is -0.118. The molecule has 0 heterocycles. The van der Waals surface area contributed by atoms with Gasteiger partial charge < -0.3 is 10.1 Å². The molecule has 134 valence electrons. The van der Waals surface area contributed by atoms with Crippen molar-refractivity contribution in [1.82, 2.24) is 5.32 Å². The molecule has 4 bridgehead atoms. The second-order valence-corrected chi connectivity index (χ2v) is 8.71. The van der Waals surface area contributed by atoms with Gasteiger partial charge in [-0.05, 0) is 86.8 Å². The highest BCUT2D eigenvalue weighted by Crippen LogP contribution is 2.59. The second kappa shape index (κ2) is 6.51. The normalized spacial score (nSPS) is 33.0. The molecule has 4 saturated carbocycles. The zero-order valence-electron chi connectivity index (χ0n) is 15.4. The van der Waals surface area contributed by atoms with Gasteiger partial charge in [-0.1, -0.05) is 11.6 Å². The minimum absolute atomic E-state index is 0.0132. The van der Waals surface area contributed by atoms with E-state index < -0.39 is 0 Å². The molecule has 1 aromatic carbocycles. The number of ether oxygens (including phenoxy) is 1. The summed E-state index contributed by atoms with van der Waals surface area (Å²) >= 11 is 0. The number of carbonyl (C=O) groups excluding carboxylic acids is 1. The van der Waals surface area contributed by atoms with Crippen LogP contribution in [0.15, 0.2) is 24.3 Å². The van der Waals surface area contributed by atoms with Gasteiger partial charge in [-0.2, -0.15) is 0 Å². The van der Waals surface area contributed by atoms with Gasteiger partial charge in [-0.15, -0.1) is 0 Å². The average Bonchev–Trinajstić information content (AvgIpc) is 2.57. The summed E-state index contributed by atoms with van der Waals surface area (Å²) in [7, 11) is 1.66. The number of benzene rings is 1. The summed E-state index contributed by atoms with van der Waals surface area (Å²) in [6.45, 7) is 2.90. The van der Waals surface area contributed by atoms with Gasteiger partial charge in [0.25, 0.3) is 0 Å². The van der Waals surface area contributed by atoms with E-state index in [1.165, 1.54) is 38.5 Å². The fourth-order valence-electron chi connectivity index (χ4n) is 5.99. The van der Waals surface area contributed by atoms with E-state index >= 15 is 0 Å². The maximum atomic E-state index is 12.4. The van der Waals surface area contributed by atoms with Crippen LogP contribution in [-0.2, 0) is 4.79 Å². The minimum atomic E-state index is 0.0132. The van der Waals surface area contributed by atoms with Crippen molar-refractivity contribution < 1.29 is 9.53 Å². The minimum Gasteiger partial charge on any atom is -0.496 e. The highest BCUT2D eigenvalue weighted by Gasteiger charge is 2.50. The van der Waals surface area contributed by atoms with Crippen LogP contribution in [0.3, 0.4) is 0 Å². The number of carbonyl (C=O) groups is 1. The lowest BCUT2D eigenvalue weighted by Gasteiger charge is -2.56. The van der Waals surface area contributed by atoms with E-state index in [0.717, 1.165) is 41.2 Å². The molecule has 25 heavy (non-hydrogen) atoms. The van der Waals surface area contributed by atoms with Gasteiger partial charge in [-0.3, -0.25) is 4.79 Å². The predicted octanol–water partition coefficient (Wildman–Crippen LogP) is 4.35. The Balaban J connectivity index is 1.38. The Kier molecular flexibility index (Phi) is 4.35. The number of hydrogen-bond donors (Lipinski definition) is 1. The van der Waals surface area contributed by atoms with E-state index in [4.69, 9.17) is 4.74 Å². The molecule has 0 aliphatic heterocycles. The van der Waals surface area contributed by atoms with Crippen molar-refractivity contribution in [3.05, 3.63) is 35.4 Å². The predicted molar refractivity (Wildman–Crippen MR) is 100 cm³/mol. The first-order valence-electron chi connectivity index (χ1n) is 9.66. The molecule has 0 aromatic heterocycles. The summed E-state index contributed by atoms with van der Waals surface area (Å²) < 4.78 is 5.37. The molecule has 3 nitrogen and oxygen atoms in total. The summed E-state index contributed by atoms with van der Waals surface area (Å²) in [5, 5.41) is 3.20. The van der Waals surface area contributed by atoms with Crippen LogP contribution >= 0.6 is 0 Å². The van der Waals surface area contributed by atoms with Crippen LogP contribution in [0.25, 0.3) is 6.08 Å². The fourth-order valence-corrected chi connectivity index (χ4v) is 5.99. The number of rotatable bonds is 5. The van der Waals surface area contributed by atoms with Crippen molar-refractivity contribution in [2.24, 2.45) is 23.2 Å². The maximum Gasteiger partial charge on any atom is 0.244 e. The smallest absolute Gasteiger partial charge is 0.244 e. The first-order valence-corrected chi connectivity index (χ1v) is 9.66. The molecule has 1 amide bonds. The zero-order valence-corrected chi connectivity index (χ0v) is 15.4. The molecular weight excluding hydrogens is 310 g/mol. The van der Waals surface area contributed by atoms with Gasteiger partial charge in [-0.25, -0.2) is 0 Å². The molecular formula is C22H29NO2. The van der Waals surface area contributed by atoms with Crippen molar-refractivity contribution in [2.75, 3.05) is 13.7 Å². The number of nitrogens with one attached hydrogen (secondary N) is 1. The Bertz CT molecular complexity index is 656. The largest absolute Gasteiger partial charge is 0.496 e. The Morgan fingerprint density at radius 3 is 2.44 bits per heavy atom. The topological polar surface area (TPSA) is 38.3 Å². The Hall–Kier alpha value is -1.77. The van der Waals surface area contributed by atoms with E-state index in [1.807, 2.05) is 31.2 Å². The lowest BCUT2D eigenvalue weighted by atomic mass is 9.49. The Morgan fingerprint density at radius 1 is 1.20 bits per heavy atom. The summed E-state index contributed by atoms with van der Waals surface area (Å²) in [6.07, 6.45) is 11.8. The molecule has 4 fully saturated rings. The zero-order chi connectivity index (χ0) is 17.4. The highest BCUT2D eigenvalue weighted by molar-refractivity contribution is 5.92. The van der Waals surface area contributed by atoms with Crippen LogP contribution in [0.5, 0.6) is 5.75 Å². The van der Waals surface area contributed by atoms with Crippen molar-refractivity contribution >= 4 is 12.0 Å². The molecule has 1 N–H and O–H groups in total. The van der Waals surface area contributed by atoms with Gasteiger partial charge >= 0.3 is 0 Å². The Labute approximate surface area is 150 Å². The van der Waals surface area contributed by atoms with Gasteiger partial charge in [0.05, 0.1) is 7.11 Å². The van der Waals surface area contributed by atoms with Gasteiger partial charge in [0, 0.05) is 18.2 Å². The summed E-state index contributed by atoms with van der Waals surface area (Å²) in [5.41, 5.74) is 2.50. The molecule has 0 unspecified atom stereocenters. The van der Waals surface area contributed by atoms with Crippen LogP contribution in [0, 0.1) is 30.1 Å². The average molecular weight is 339 g/mol. The van der Waals surface area contributed by atoms with Gasteiger partial charge in [0.2, 0.25) is 5.91 Å². The standard InChI is InChI=1S/C22H29NO2/c1-15-3-5-20(25-2)19(7-15)4-6-21(24)23-14-22-11-16-8-17(12-22)10-18(9-16)13-22/h3-7,16-18H,8-14H2,1-2H3,(H,23,24)/b6-4+. The fraction of sp³-hybridized carbons (Fsp3) is 0.591. The number of amides is 1. The Morgan fingerprint density at radius 2 is 1.84 bits per heavy atom. The first-order chi connectivity index (χ1) is 12.0. The molecule has 3 heteroatoms. The third-order valence-corrected chi connectivity index (χ3v) is 6.60. The molecule has 0 spiro atoms. The SMILES string of the molecule is COc1ccc(C)cc1/C=C/C(=O)NCC12CC3CC(CC(C3)C1)C2. The van der Waals surface area contributed by atoms with Crippen molar-refractivity contribution in [1.29, 1.82) is 0 Å². The van der Waals surface area contributed by atoms with E-state index in [0.29, 0.717) is 5.41 Å². The number of aryl methyl sites for hydroxylation is 1. The van der Waals surface area contributed by atoms with Crippen LogP contribution in [0.4, 0.5) is 0 Å². The molecule has 0 atom stereocenters. The van der Waals surface area contributed by atoms with Crippen LogP contribution in [0.1, 0.15) is 49.7 Å². The lowest BCUT2D eigenvalue weighted by Crippen LogP contribution is -2.51. The van der Waals surface area contributed by atoms with Crippen molar-refractivity contribution in [2.45, 2.75) is 45.4 Å². The van der Waals surface area contributed by atoms with Crippen molar-refractivity contribution in [3.63, 3.8) is 0 Å². The molecule has 0 saturated heterocycles. The molecule has 0 radical (unpaired) electrons. The van der Waals surface area contributed by atoms with Gasteiger partial charge in [0.15, 0.2) is 0 Å².